The molecule has 1 aromatic carbocycles. The van der Waals surface area contributed by atoms with E-state index >= 15 is 0 Å². The Morgan fingerprint density at radius 1 is 1.26 bits per heavy atom. The normalized spacial score (nSPS) is 10.3. The molecule has 0 fully saturated rings. The lowest BCUT2D eigenvalue weighted by molar-refractivity contribution is 0.598. The minimum Gasteiger partial charge on any atom is -0.389 e. The minimum absolute atomic E-state index is 0.0220. The van der Waals surface area contributed by atoms with Crippen molar-refractivity contribution in [3.05, 3.63) is 52.3 Å². The van der Waals surface area contributed by atoms with E-state index < -0.39 is 11.6 Å². The average Bonchev–Trinajstić information content (AvgIpc) is 2.36. The minimum atomic E-state index is -0.606. The molecule has 3 N–H and O–H groups in total. The van der Waals surface area contributed by atoms with E-state index in [0.29, 0.717) is 11.3 Å². The van der Waals surface area contributed by atoms with E-state index in [1.54, 1.807) is 6.07 Å². The lowest BCUT2D eigenvalue weighted by atomic mass is 10.2. The molecular formula is C12H8BrF2N3S. The van der Waals surface area contributed by atoms with Crippen molar-refractivity contribution in [3.8, 4) is 0 Å². The van der Waals surface area contributed by atoms with Crippen molar-refractivity contribution in [1.29, 1.82) is 0 Å². The average molecular weight is 344 g/mol. The van der Waals surface area contributed by atoms with Gasteiger partial charge in [-0.15, -0.1) is 0 Å². The van der Waals surface area contributed by atoms with Crippen LogP contribution in [0, 0.1) is 11.6 Å². The number of hydrogen-bond acceptors (Lipinski definition) is 3. The summed E-state index contributed by atoms with van der Waals surface area (Å²) in [5.41, 5.74) is 6.45. The zero-order valence-corrected chi connectivity index (χ0v) is 11.9. The zero-order valence-electron chi connectivity index (χ0n) is 9.45. The summed E-state index contributed by atoms with van der Waals surface area (Å²) in [6.45, 7) is 0. The fourth-order valence-electron chi connectivity index (χ4n) is 1.47. The molecule has 0 saturated carbocycles. The maximum atomic E-state index is 13.7. The Labute approximate surface area is 122 Å². The van der Waals surface area contributed by atoms with E-state index in [2.05, 4.69) is 26.2 Å². The highest BCUT2D eigenvalue weighted by Gasteiger charge is 2.11. The Hall–Kier alpha value is -1.60. The van der Waals surface area contributed by atoms with E-state index in [0.717, 1.165) is 12.1 Å². The Kier molecular flexibility index (Phi) is 4.06. The van der Waals surface area contributed by atoms with Gasteiger partial charge in [-0.05, 0) is 28.1 Å². The summed E-state index contributed by atoms with van der Waals surface area (Å²) < 4.78 is 27.2. The number of nitrogens with two attached hydrogens (primary N) is 1. The second-order valence-corrected chi connectivity index (χ2v) is 4.95. The van der Waals surface area contributed by atoms with Crippen LogP contribution in [0.1, 0.15) is 5.56 Å². The summed E-state index contributed by atoms with van der Waals surface area (Å²) in [5, 5.41) is 2.72. The topological polar surface area (TPSA) is 50.9 Å². The lowest BCUT2D eigenvalue weighted by Crippen LogP contribution is -2.12. The molecule has 0 atom stereocenters. The van der Waals surface area contributed by atoms with Crippen molar-refractivity contribution in [2.24, 2.45) is 5.73 Å². The van der Waals surface area contributed by atoms with Gasteiger partial charge in [-0.3, -0.25) is 4.98 Å². The highest BCUT2D eigenvalue weighted by molar-refractivity contribution is 9.10. The van der Waals surface area contributed by atoms with Crippen LogP contribution in [0.3, 0.4) is 0 Å². The molecule has 0 spiro atoms. The summed E-state index contributed by atoms with van der Waals surface area (Å²) in [6, 6.07) is 3.67. The van der Waals surface area contributed by atoms with E-state index in [4.69, 9.17) is 18.0 Å². The Balaban J connectivity index is 2.42. The van der Waals surface area contributed by atoms with Gasteiger partial charge in [0.25, 0.3) is 0 Å². The fraction of sp³-hybridized carbons (Fsp3) is 0. The Bertz CT molecular complexity index is 649. The molecule has 98 valence electrons. The highest BCUT2D eigenvalue weighted by atomic mass is 79.9. The van der Waals surface area contributed by atoms with Crippen LogP contribution < -0.4 is 11.1 Å². The van der Waals surface area contributed by atoms with Gasteiger partial charge in [-0.2, -0.15) is 0 Å². The molecule has 0 aliphatic rings. The summed E-state index contributed by atoms with van der Waals surface area (Å²) in [6.07, 6.45) is 2.95. The van der Waals surface area contributed by atoms with E-state index in [1.807, 2.05) is 0 Å². The third kappa shape index (κ3) is 3.05. The van der Waals surface area contributed by atoms with Crippen molar-refractivity contribution in [3.63, 3.8) is 0 Å². The predicted octanol–water partition coefficient (Wildman–Crippen LogP) is 3.50. The summed E-state index contributed by atoms with van der Waals surface area (Å²) in [7, 11) is 0. The third-order valence-electron chi connectivity index (χ3n) is 2.37. The summed E-state index contributed by atoms with van der Waals surface area (Å²) in [4.78, 5) is 4.03. The first-order chi connectivity index (χ1) is 8.99. The number of hydrogen-bond donors (Lipinski definition) is 2. The number of halogens is 3. The number of nitrogens with zero attached hydrogens (tertiary/aromatic N) is 1. The molecule has 19 heavy (non-hydrogen) atoms. The van der Waals surface area contributed by atoms with Crippen molar-refractivity contribution < 1.29 is 8.78 Å². The van der Waals surface area contributed by atoms with Gasteiger partial charge in [0, 0.05) is 17.8 Å². The SMILES string of the molecule is NC(=S)c1ccncc1Nc1cc(F)c(Br)cc1F. The van der Waals surface area contributed by atoms with Crippen LogP contribution in [-0.4, -0.2) is 9.97 Å². The quantitative estimate of drug-likeness (QED) is 0.661. The predicted molar refractivity (Wildman–Crippen MR) is 77.5 cm³/mol. The Morgan fingerprint density at radius 2 is 2.00 bits per heavy atom. The molecule has 0 aliphatic heterocycles. The number of anilines is 2. The molecule has 0 unspecified atom stereocenters. The van der Waals surface area contributed by atoms with E-state index in [9.17, 15) is 8.78 Å². The number of pyridine rings is 1. The van der Waals surface area contributed by atoms with Crippen molar-refractivity contribution in [2.75, 3.05) is 5.32 Å². The van der Waals surface area contributed by atoms with Gasteiger partial charge in [0.05, 0.1) is 22.0 Å². The van der Waals surface area contributed by atoms with E-state index in [1.165, 1.54) is 12.4 Å². The summed E-state index contributed by atoms with van der Waals surface area (Å²) >= 11 is 7.79. The lowest BCUT2D eigenvalue weighted by Gasteiger charge is -2.11. The summed E-state index contributed by atoms with van der Waals surface area (Å²) in [5.74, 6) is -1.18. The zero-order chi connectivity index (χ0) is 14.0. The molecule has 0 amide bonds. The largest absolute Gasteiger partial charge is 0.389 e. The van der Waals surface area contributed by atoms with Crippen LogP contribution in [0.4, 0.5) is 20.2 Å². The number of nitrogens with one attached hydrogen (secondary N) is 1. The van der Waals surface area contributed by atoms with Crippen LogP contribution in [0.15, 0.2) is 35.1 Å². The second-order valence-electron chi connectivity index (χ2n) is 3.66. The molecule has 7 heteroatoms. The molecule has 3 nitrogen and oxygen atoms in total. The van der Waals surface area contributed by atoms with Crippen LogP contribution in [0.25, 0.3) is 0 Å². The smallest absolute Gasteiger partial charge is 0.147 e. The number of aromatic nitrogens is 1. The van der Waals surface area contributed by atoms with E-state index in [-0.39, 0.29) is 15.1 Å². The van der Waals surface area contributed by atoms with Gasteiger partial charge in [-0.25, -0.2) is 8.78 Å². The highest BCUT2D eigenvalue weighted by Crippen LogP contribution is 2.27. The molecule has 1 heterocycles. The fourth-order valence-corrected chi connectivity index (χ4v) is 1.97. The first-order valence-electron chi connectivity index (χ1n) is 5.14. The third-order valence-corrected chi connectivity index (χ3v) is 3.19. The molecule has 0 aliphatic carbocycles. The van der Waals surface area contributed by atoms with Gasteiger partial charge < -0.3 is 11.1 Å². The van der Waals surface area contributed by atoms with Crippen molar-refractivity contribution in [1.82, 2.24) is 4.98 Å². The molecule has 0 saturated heterocycles. The maximum Gasteiger partial charge on any atom is 0.147 e. The molecule has 0 radical (unpaired) electrons. The standard InChI is InChI=1S/C12H8BrF2N3S/c13-7-3-9(15)10(4-8(7)14)18-11-5-17-2-1-6(11)12(16)19/h1-5,18H,(H2,16,19). The maximum absolute atomic E-state index is 13.7. The Morgan fingerprint density at radius 3 is 2.68 bits per heavy atom. The van der Waals surface area contributed by atoms with Gasteiger partial charge in [0.15, 0.2) is 0 Å². The molecule has 0 bridgehead atoms. The molecule has 2 rings (SSSR count). The molecule has 2 aromatic rings. The number of benzene rings is 1. The number of rotatable bonds is 3. The van der Waals surface area contributed by atoms with Crippen LogP contribution in [-0.2, 0) is 0 Å². The second kappa shape index (κ2) is 5.58. The first-order valence-corrected chi connectivity index (χ1v) is 6.34. The molecular weight excluding hydrogens is 336 g/mol. The van der Waals surface area contributed by atoms with Gasteiger partial charge in [0.2, 0.25) is 0 Å². The van der Waals surface area contributed by atoms with Gasteiger partial charge in [0.1, 0.15) is 16.6 Å². The first kappa shape index (κ1) is 13.8. The van der Waals surface area contributed by atoms with Crippen LogP contribution >= 0.6 is 28.1 Å². The van der Waals surface area contributed by atoms with Crippen LogP contribution in [0.5, 0.6) is 0 Å². The monoisotopic (exact) mass is 343 g/mol. The van der Waals surface area contributed by atoms with Crippen molar-refractivity contribution >= 4 is 44.5 Å². The van der Waals surface area contributed by atoms with Gasteiger partial charge in [-0.1, -0.05) is 12.2 Å². The van der Waals surface area contributed by atoms with Crippen LogP contribution in [0.2, 0.25) is 0 Å². The van der Waals surface area contributed by atoms with Gasteiger partial charge >= 0.3 is 0 Å². The number of thiocarbonyl (C=S) groups is 1. The molecule has 1 aromatic heterocycles. The van der Waals surface area contributed by atoms with Crippen molar-refractivity contribution in [2.45, 2.75) is 0 Å².